The Morgan fingerprint density at radius 3 is 2.88 bits per heavy atom. The van der Waals surface area contributed by atoms with Crippen LogP contribution in [0.15, 0.2) is 5.10 Å². The lowest BCUT2D eigenvalue weighted by molar-refractivity contribution is 0.393. The third-order valence-corrected chi connectivity index (χ3v) is 1.13. The molecule has 0 aromatic heterocycles. The first-order chi connectivity index (χ1) is 3.83. The Morgan fingerprint density at radius 2 is 2.62 bits per heavy atom. The molecule has 0 bridgehead atoms. The van der Waals surface area contributed by atoms with Gasteiger partial charge in [-0.2, -0.15) is 5.10 Å². The molecular formula is C6H8N2. The second-order valence-corrected chi connectivity index (χ2v) is 1.82. The molecule has 0 fully saturated rings. The summed E-state index contributed by atoms with van der Waals surface area (Å²) in [4.78, 5) is 0. The largest absolute Gasteiger partial charge is 0.299 e. The molecule has 0 unspecified atom stereocenters. The van der Waals surface area contributed by atoms with Crippen LogP contribution in [-0.2, 0) is 0 Å². The van der Waals surface area contributed by atoms with E-state index in [0.29, 0.717) is 0 Å². The van der Waals surface area contributed by atoms with Gasteiger partial charge in [0.25, 0.3) is 0 Å². The quantitative estimate of drug-likeness (QED) is 0.408. The van der Waals surface area contributed by atoms with Crippen LogP contribution >= 0.6 is 0 Å². The van der Waals surface area contributed by atoms with Crippen LogP contribution in [0.1, 0.15) is 6.42 Å². The molecule has 0 radical (unpaired) electrons. The third kappa shape index (κ3) is 0.812. The summed E-state index contributed by atoms with van der Waals surface area (Å²) in [5.41, 5.74) is 0.868. The highest BCUT2D eigenvalue weighted by Crippen LogP contribution is 2.00. The predicted octanol–water partition coefficient (Wildman–Crippen LogP) is 0.311. The maximum Gasteiger partial charge on any atom is 0.112 e. The summed E-state index contributed by atoms with van der Waals surface area (Å²) in [5, 5.41) is 5.88. The first-order valence-electron chi connectivity index (χ1n) is 2.58. The van der Waals surface area contributed by atoms with Crippen molar-refractivity contribution in [2.24, 2.45) is 5.10 Å². The van der Waals surface area contributed by atoms with E-state index in [4.69, 9.17) is 6.42 Å². The molecule has 0 N–H and O–H groups in total. The van der Waals surface area contributed by atoms with Gasteiger partial charge in [0.15, 0.2) is 0 Å². The van der Waals surface area contributed by atoms with Gasteiger partial charge in [-0.25, -0.2) is 0 Å². The third-order valence-electron chi connectivity index (χ3n) is 1.13. The molecule has 0 aliphatic carbocycles. The summed E-state index contributed by atoms with van der Waals surface area (Å²) < 4.78 is 0. The summed E-state index contributed by atoms with van der Waals surface area (Å²) >= 11 is 0. The van der Waals surface area contributed by atoms with E-state index < -0.39 is 0 Å². The normalized spacial score (nSPS) is 18.0. The Kier molecular flexibility index (Phi) is 1.21. The van der Waals surface area contributed by atoms with Gasteiger partial charge < -0.3 is 0 Å². The lowest BCUT2D eigenvalue weighted by atomic mass is 10.3. The molecule has 0 aromatic carbocycles. The van der Waals surface area contributed by atoms with E-state index in [0.717, 1.165) is 18.7 Å². The van der Waals surface area contributed by atoms with Crippen molar-refractivity contribution in [2.45, 2.75) is 6.42 Å². The second-order valence-electron chi connectivity index (χ2n) is 1.82. The fourth-order valence-corrected chi connectivity index (χ4v) is 0.675. The van der Waals surface area contributed by atoms with Gasteiger partial charge in [-0.1, -0.05) is 5.92 Å². The topological polar surface area (TPSA) is 15.6 Å². The second kappa shape index (κ2) is 1.87. The molecule has 1 aliphatic heterocycles. The molecule has 0 aromatic rings. The van der Waals surface area contributed by atoms with Crippen molar-refractivity contribution >= 4 is 5.71 Å². The van der Waals surface area contributed by atoms with Crippen LogP contribution in [0.3, 0.4) is 0 Å². The zero-order chi connectivity index (χ0) is 5.98. The first kappa shape index (κ1) is 5.17. The van der Waals surface area contributed by atoms with E-state index in [-0.39, 0.29) is 0 Å². The Hall–Kier alpha value is -0.970. The van der Waals surface area contributed by atoms with E-state index in [2.05, 4.69) is 11.0 Å². The van der Waals surface area contributed by atoms with Gasteiger partial charge in [-0.3, -0.25) is 5.01 Å². The minimum Gasteiger partial charge on any atom is -0.299 e. The van der Waals surface area contributed by atoms with E-state index in [9.17, 15) is 0 Å². The zero-order valence-corrected chi connectivity index (χ0v) is 4.89. The molecule has 0 atom stereocenters. The summed E-state index contributed by atoms with van der Waals surface area (Å²) in [6.07, 6.45) is 6.03. The lowest BCUT2D eigenvalue weighted by Crippen LogP contribution is -2.04. The average molecular weight is 108 g/mol. The number of nitrogens with zero attached hydrogens (tertiary/aromatic N) is 2. The van der Waals surface area contributed by atoms with Crippen LogP contribution in [0.2, 0.25) is 0 Å². The van der Waals surface area contributed by atoms with Gasteiger partial charge in [-0.05, 0) is 0 Å². The van der Waals surface area contributed by atoms with Crippen molar-refractivity contribution in [1.29, 1.82) is 0 Å². The van der Waals surface area contributed by atoms with Crippen molar-refractivity contribution < 1.29 is 0 Å². The van der Waals surface area contributed by atoms with Crippen LogP contribution in [0, 0.1) is 12.3 Å². The molecule has 1 heterocycles. The van der Waals surface area contributed by atoms with Crippen molar-refractivity contribution in [3.63, 3.8) is 0 Å². The number of hydrogen-bond acceptors (Lipinski definition) is 2. The first-order valence-corrected chi connectivity index (χ1v) is 2.58. The van der Waals surface area contributed by atoms with Crippen molar-refractivity contribution in [2.75, 3.05) is 13.6 Å². The van der Waals surface area contributed by atoms with Crippen LogP contribution < -0.4 is 0 Å². The minimum atomic E-state index is 0.868. The molecule has 1 rings (SSSR count). The molecule has 2 nitrogen and oxygen atoms in total. The Labute approximate surface area is 49.2 Å². The van der Waals surface area contributed by atoms with Crippen LogP contribution in [0.4, 0.5) is 0 Å². The summed E-state index contributed by atoms with van der Waals surface area (Å²) in [7, 11) is 1.92. The smallest absolute Gasteiger partial charge is 0.112 e. The van der Waals surface area contributed by atoms with Crippen LogP contribution in [-0.4, -0.2) is 24.3 Å². The SMILES string of the molecule is C#CC1=NN(C)CC1. The van der Waals surface area contributed by atoms with Gasteiger partial charge in [-0.15, -0.1) is 6.42 Å². The maximum absolute atomic E-state index is 5.09. The van der Waals surface area contributed by atoms with E-state index in [1.807, 2.05) is 12.1 Å². The fraction of sp³-hybridized carbons (Fsp3) is 0.500. The molecule has 0 saturated carbocycles. The van der Waals surface area contributed by atoms with E-state index in [1.54, 1.807) is 0 Å². The fourth-order valence-electron chi connectivity index (χ4n) is 0.675. The van der Waals surface area contributed by atoms with Crippen molar-refractivity contribution in [3.05, 3.63) is 0 Å². The van der Waals surface area contributed by atoms with Crippen LogP contribution in [0.25, 0.3) is 0 Å². The molecule has 8 heavy (non-hydrogen) atoms. The Bertz CT molecular complexity index is 152. The molecule has 2 heteroatoms. The Balaban J connectivity index is 2.61. The number of hydrogen-bond donors (Lipinski definition) is 0. The molecular weight excluding hydrogens is 100 g/mol. The minimum absolute atomic E-state index is 0.868. The summed E-state index contributed by atoms with van der Waals surface area (Å²) in [6, 6.07) is 0. The highest BCUT2D eigenvalue weighted by molar-refractivity contribution is 6.00. The molecule has 0 saturated heterocycles. The zero-order valence-electron chi connectivity index (χ0n) is 4.89. The highest BCUT2D eigenvalue weighted by atomic mass is 15.4. The number of hydrazone groups is 1. The summed E-state index contributed by atoms with van der Waals surface area (Å²) in [5.74, 6) is 2.50. The van der Waals surface area contributed by atoms with Gasteiger partial charge in [0.05, 0.1) is 0 Å². The standard InChI is InChI=1S/C6H8N2/c1-3-6-4-5-8(2)7-6/h1H,4-5H2,2H3. The van der Waals surface area contributed by atoms with E-state index >= 15 is 0 Å². The molecule has 0 amide bonds. The van der Waals surface area contributed by atoms with Gasteiger partial charge in [0, 0.05) is 20.0 Å². The lowest BCUT2D eigenvalue weighted by Gasteiger charge is -2.00. The maximum atomic E-state index is 5.09. The van der Waals surface area contributed by atoms with Gasteiger partial charge in [0.1, 0.15) is 5.71 Å². The monoisotopic (exact) mass is 108 g/mol. The van der Waals surface area contributed by atoms with Gasteiger partial charge >= 0.3 is 0 Å². The van der Waals surface area contributed by atoms with E-state index in [1.165, 1.54) is 0 Å². The average Bonchev–Trinajstić information content (AvgIpc) is 2.14. The summed E-state index contributed by atoms with van der Waals surface area (Å²) in [6.45, 7) is 0.972. The molecule has 0 spiro atoms. The number of rotatable bonds is 0. The number of terminal acetylenes is 1. The van der Waals surface area contributed by atoms with Gasteiger partial charge in [0.2, 0.25) is 0 Å². The van der Waals surface area contributed by atoms with Crippen molar-refractivity contribution in [1.82, 2.24) is 5.01 Å². The van der Waals surface area contributed by atoms with Crippen molar-refractivity contribution in [3.8, 4) is 12.3 Å². The Morgan fingerprint density at radius 1 is 1.88 bits per heavy atom. The molecule has 1 aliphatic rings. The van der Waals surface area contributed by atoms with Crippen LogP contribution in [0.5, 0.6) is 0 Å². The predicted molar refractivity (Wildman–Crippen MR) is 33.5 cm³/mol. The molecule has 42 valence electrons. The highest BCUT2D eigenvalue weighted by Gasteiger charge is 2.06.